The Labute approximate surface area is 141 Å². The zero-order valence-electron chi connectivity index (χ0n) is 11.2. The lowest BCUT2D eigenvalue weighted by atomic mass is 10.2. The Morgan fingerprint density at radius 1 is 1.10 bits per heavy atom. The monoisotopic (exact) mass is 410 g/mol. The van der Waals surface area contributed by atoms with Crippen molar-refractivity contribution in [2.45, 2.75) is 0 Å². The molecule has 0 amide bonds. The molecule has 0 bridgehead atoms. The summed E-state index contributed by atoms with van der Waals surface area (Å²) >= 11 is 8.24. The maximum atomic E-state index is 5.99. The fourth-order valence-electron chi connectivity index (χ4n) is 2.00. The zero-order chi connectivity index (χ0) is 14.8. The molecule has 0 radical (unpaired) electrons. The number of hydrogen-bond donors (Lipinski definition) is 2. The van der Waals surface area contributed by atoms with Crippen molar-refractivity contribution < 1.29 is 0 Å². The molecule has 3 aromatic rings. The molecule has 21 heavy (non-hydrogen) atoms. The molecule has 1 heterocycles. The number of para-hydroxylation sites is 1. The van der Waals surface area contributed by atoms with E-state index >= 15 is 0 Å². The second kappa shape index (κ2) is 6.03. The summed E-state index contributed by atoms with van der Waals surface area (Å²) in [5.41, 5.74) is 1.86. The quantitative estimate of drug-likeness (QED) is 0.616. The van der Waals surface area contributed by atoms with Crippen LogP contribution in [0.15, 0.2) is 42.5 Å². The van der Waals surface area contributed by atoms with E-state index in [9.17, 15) is 0 Å². The first kappa shape index (κ1) is 14.3. The molecule has 4 nitrogen and oxygen atoms in total. The summed E-state index contributed by atoms with van der Waals surface area (Å²) < 4.78 is 1.04. The van der Waals surface area contributed by atoms with Gasteiger partial charge in [-0.2, -0.15) is 4.98 Å². The van der Waals surface area contributed by atoms with Crippen LogP contribution >= 0.6 is 34.2 Å². The summed E-state index contributed by atoms with van der Waals surface area (Å²) in [4.78, 5) is 8.96. The second-order valence-electron chi connectivity index (χ2n) is 4.41. The topological polar surface area (TPSA) is 49.8 Å². The van der Waals surface area contributed by atoms with Crippen LogP contribution in [0.4, 0.5) is 17.5 Å². The van der Waals surface area contributed by atoms with Gasteiger partial charge in [-0.25, -0.2) is 4.98 Å². The first-order valence-corrected chi connectivity index (χ1v) is 7.79. The van der Waals surface area contributed by atoms with E-state index in [4.69, 9.17) is 11.6 Å². The lowest BCUT2D eigenvalue weighted by Crippen LogP contribution is -2.02. The molecule has 0 saturated heterocycles. The van der Waals surface area contributed by atoms with Crippen LogP contribution in [-0.2, 0) is 0 Å². The number of benzene rings is 2. The normalized spacial score (nSPS) is 10.6. The molecule has 3 rings (SSSR count). The van der Waals surface area contributed by atoms with Crippen molar-refractivity contribution in [1.29, 1.82) is 0 Å². The molecular formula is C15H12ClIN4. The third-order valence-electron chi connectivity index (χ3n) is 3.01. The number of rotatable bonds is 3. The first-order valence-electron chi connectivity index (χ1n) is 6.34. The van der Waals surface area contributed by atoms with Gasteiger partial charge >= 0.3 is 0 Å². The van der Waals surface area contributed by atoms with Gasteiger partial charge in [0.2, 0.25) is 5.95 Å². The van der Waals surface area contributed by atoms with Crippen LogP contribution in [0.1, 0.15) is 0 Å². The number of nitrogens with zero attached hydrogens (tertiary/aromatic N) is 2. The predicted octanol–water partition coefficient (Wildman–Crippen LogP) is 4.67. The number of nitrogens with one attached hydrogen (secondary N) is 2. The number of hydrogen-bond acceptors (Lipinski definition) is 4. The molecule has 0 saturated carbocycles. The van der Waals surface area contributed by atoms with Gasteiger partial charge in [0.15, 0.2) is 0 Å². The fourth-order valence-corrected chi connectivity index (χ4v) is 3.01. The van der Waals surface area contributed by atoms with Crippen LogP contribution < -0.4 is 10.6 Å². The summed E-state index contributed by atoms with van der Waals surface area (Å²) in [6.45, 7) is 0. The molecule has 0 spiro atoms. The fraction of sp³-hybridized carbons (Fsp3) is 0.0667. The molecule has 0 fully saturated rings. The van der Waals surface area contributed by atoms with Crippen molar-refractivity contribution in [3.05, 3.63) is 51.1 Å². The Kier molecular flexibility index (Phi) is 4.12. The molecule has 0 unspecified atom stereocenters. The van der Waals surface area contributed by atoms with Gasteiger partial charge in [-0.1, -0.05) is 23.7 Å². The van der Waals surface area contributed by atoms with Crippen molar-refractivity contribution in [2.24, 2.45) is 0 Å². The molecule has 0 aliphatic heterocycles. The minimum absolute atomic E-state index is 0.583. The molecule has 0 atom stereocenters. The SMILES string of the molecule is CNc1nc(Nc2ccc(Cl)cc2I)c2ccccc2n1. The minimum Gasteiger partial charge on any atom is -0.357 e. The van der Waals surface area contributed by atoms with E-state index in [1.807, 2.05) is 42.5 Å². The van der Waals surface area contributed by atoms with Gasteiger partial charge < -0.3 is 10.6 Å². The van der Waals surface area contributed by atoms with Gasteiger partial charge in [-0.05, 0) is 52.9 Å². The summed E-state index contributed by atoms with van der Waals surface area (Å²) in [6, 6.07) is 13.6. The van der Waals surface area contributed by atoms with Crippen molar-refractivity contribution in [3.63, 3.8) is 0 Å². The van der Waals surface area contributed by atoms with Crippen molar-refractivity contribution >= 4 is 62.5 Å². The third-order valence-corrected chi connectivity index (χ3v) is 4.14. The Bertz CT molecular complexity index is 807. The molecule has 1 aromatic heterocycles. The van der Waals surface area contributed by atoms with Crippen LogP contribution in [-0.4, -0.2) is 17.0 Å². The van der Waals surface area contributed by atoms with E-state index in [0.29, 0.717) is 11.0 Å². The third kappa shape index (κ3) is 3.03. The van der Waals surface area contributed by atoms with E-state index in [-0.39, 0.29) is 0 Å². The molecule has 0 aliphatic carbocycles. The number of halogens is 2. The maximum Gasteiger partial charge on any atom is 0.224 e. The Morgan fingerprint density at radius 2 is 1.90 bits per heavy atom. The molecule has 6 heteroatoms. The van der Waals surface area contributed by atoms with Gasteiger partial charge in [0.1, 0.15) is 5.82 Å². The summed E-state index contributed by atoms with van der Waals surface area (Å²) in [7, 11) is 1.81. The van der Waals surface area contributed by atoms with Crippen molar-refractivity contribution in [1.82, 2.24) is 9.97 Å². The van der Waals surface area contributed by atoms with Crippen LogP contribution in [0, 0.1) is 3.57 Å². The van der Waals surface area contributed by atoms with E-state index < -0.39 is 0 Å². The van der Waals surface area contributed by atoms with Gasteiger partial charge in [-0.15, -0.1) is 0 Å². The molecule has 0 aliphatic rings. The van der Waals surface area contributed by atoms with Gasteiger partial charge in [0.05, 0.1) is 11.2 Å². The minimum atomic E-state index is 0.583. The van der Waals surface area contributed by atoms with Crippen molar-refractivity contribution in [2.75, 3.05) is 17.7 Å². The highest BCUT2D eigenvalue weighted by molar-refractivity contribution is 14.1. The smallest absolute Gasteiger partial charge is 0.224 e. The average molecular weight is 411 g/mol. The van der Waals surface area contributed by atoms with E-state index in [1.165, 1.54) is 0 Å². The highest BCUT2D eigenvalue weighted by atomic mass is 127. The van der Waals surface area contributed by atoms with Crippen molar-refractivity contribution in [3.8, 4) is 0 Å². The maximum absolute atomic E-state index is 5.99. The number of fused-ring (bicyclic) bond motifs is 1. The van der Waals surface area contributed by atoms with Crippen LogP contribution in [0.25, 0.3) is 10.9 Å². The molecule has 2 N–H and O–H groups in total. The van der Waals surface area contributed by atoms with E-state index in [2.05, 4.69) is 43.2 Å². The largest absolute Gasteiger partial charge is 0.357 e. The Balaban J connectivity index is 2.10. The number of anilines is 3. The number of aromatic nitrogens is 2. The van der Waals surface area contributed by atoms with Gasteiger partial charge in [-0.3, -0.25) is 0 Å². The lowest BCUT2D eigenvalue weighted by Gasteiger charge is -2.12. The van der Waals surface area contributed by atoms with Crippen LogP contribution in [0.5, 0.6) is 0 Å². The van der Waals surface area contributed by atoms with Crippen LogP contribution in [0.2, 0.25) is 5.02 Å². The van der Waals surface area contributed by atoms with E-state index in [1.54, 1.807) is 7.05 Å². The molecular weight excluding hydrogens is 399 g/mol. The van der Waals surface area contributed by atoms with Crippen LogP contribution in [0.3, 0.4) is 0 Å². The predicted molar refractivity (Wildman–Crippen MR) is 96.5 cm³/mol. The molecule has 106 valence electrons. The summed E-state index contributed by atoms with van der Waals surface area (Å²) in [5, 5.41) is 8.03. The second-order valence-corrected chi connectivity index (χ2v) is 6.01. The van der Waals surface area contributed by atoms with Gasteiger partial charge in [0.25, 0.3) is 0 Å². The zero-order valence-corrected chi connectivity index (χ0v) is 14.1. The average Bonchev–Trinajstić information content (AvgIpc) is 2.49. The highest BCUT2D eigenvalue weighted by Crippen LogP contribution is 2.28. The summed E-state index contributed by atoms with van der Waals surface area (Å²) in [5.74, 6) is 1.35. The summed E-state index contributed by atoms with van der Waals surface area (Å²) in [6.07, 6.45) is 0. The van der Waals surface area contributed by atoms with Gasteiger partial charge in [0, 0.05) is 21.0 Å². The molecule has 2 aromatic carbocycles. The highest BCUT2D eigenvalue weighted by Gasteiger charge is 2.08. The lowest BCUT2D eigenvalue weighted by molar-refractivity contribution is 1.19. The Hall–Kier alpha value is -1.60. The Morgan fingerprint density at radius 3 is 2.67 bits per heavy atom. The van der Waals surface area contributed by atoms with E-state index in [0.717, 1.165) is 26.0 Å². The first-order chi connectivity index (χ1) is 10.2. The standard InChI is InChI=1S/C15H12ClIN4/c1-18-15-20-12-5-3-2-4-10(12)14(21-15)19-13-7-6-9(16)8-11(13)17/h2-8H,1H3,(H2,18,19,20,21).